The average Bonchev–Trinajstić information content (AvgIpc) is 1.94. The van der Waals surface area contributed by atoms with Crippen molar-refractivity contribution in [2.24, 2.45) is 0 Å². The van der Waals surface area contributed by atoms with E-state index in [0.29, 0.717) is 15.5 Å². The first kappa shape index (κ1) is 12.5. The molecule has 3 nitrogen and oxygen atoms in total. The van der Waals surface area contributed by atoms with E-state index in [0.717, 1.165) is 0 Å². The number of rotatable bonds is 1. The van der Waals surface area contributed by atoms with Crippen LogP contribution in [-0.2, 0) is 11.1 Å². The number of hydrogen-bond donors (Lipinski definition) is 3. The fourth-order valence-corrected chi connectivity index (χ4v) is 1.19. The van der Waals surface area contributed by atoms with Gasteiger partial charge in [0.05, 0.1) is 4.90 Å². The largest absolute Gasteiger partial charge is 0.398 e. The first-order valence-corrected chi connectivity index (χ1v) is 4.36. The molecule has 0 spiro atoms. The Kier molecular flexibility index (Phi) is 5.47. The molecule has 1 rings (SSSR count). The van der Waals surface area contributed by atoms with Gasteiger partial charge in [-0.15, -0.1) is 12.6 Å². The third kappa shape index (κ3) is 3.08. The number of thiol groups is 1. The second-order valence-electron chi connectivity index (χ2n) is 1.97. The first-order chi connectivity index (χ1) is 5.11. The molecule has 0 aliphatic heterocycles. The van der Waals surface area contributed by atoms with Crippen LogP contribution in [0.2, 0.25) is 0 Å². The van der Waals surface area contributed by atoms with Crippen LogP contribution in [0.25, 0.3) is 0 Å². The van der Waals surface area contributed by atoms with E-state index in [9.17, 15) is 4.21 Å². The summed E-state index contributed by atoms with van der Waals surface area (Å²) in [6.45, 7) is 0. The quantitative estimate of drug-likeness (QED) is 0.279. The van der Waals surface area contributed by atoms with Crippen molar-refractivity contribution in [1.29, 1.82) is 0 Å². The van der Waals surface area contributed by atoms with Crippen molar-refractivity contribution < 1.29 is 8.76 Å². The zero-order valence-electron chi connectivity index (χ0n) is 6.52. The van der Waals surface area contributed by atoms with Crippen molar-refractivity contribution in [1.82, 2.24) is 0 Å². The number of anilines is 1. The van der Waals surface area contributed by atoms with Gasteiger partial charge in [0.2, 0.25) is 0 Å². The monoisotopic (exact) mass is 212 g/mol. The van der Waals surface area contributed by atoms with Crippen LogP contribution in [0.15, 0.2) is 28.0 Å². The fourth-order valence-electron chi connectivity index (χ4n) is 0.641. The van der Waals surface area contributed by atoms with Gasteiger partial charge in [-0.3, -0.25) is 0 Å². The molecule has 1 aromatic carbocycles. The molecule has 0 aliphatic carbocycles. The fraction of sp³-hybridized carbons (Fsp3) is 0. The summed E-state index contributed by atoms with van der Waals surface area (Å²) in [6, 6.07) is 4.52. The topological polar surface area (TPSA) is 63.3 Å². The molecule has 0 saturated heterocycles. The molecule has 0 aliphatic rings. The van der Waals surface area contributed by atoms with Gasteiger partial charge in [0.1, 0.15) is 0 Å². The Labute approximate surface area is 101 Å². The van der Waals surface area contributed by atoms with Crippen LogP contribution in [0, 0.1) is 0 Å². The molecule has 0 fully saturated rings. The van der Waals surface area contributed by atoms with Gasteiger partial charge in [-0.1, -0.05) is 0 Å². The Bertz CT molecular complexity index is 306. The molecule has 6 heteroatoms. The van der Waals surface area contributed by atoms with Crippen molar-refractivity contribution in [3.8, 4) is 0 Å². The van der Waals surface area contributed by atoms with Crippen LogP contribution in [0.1, 0.15) is 0 Å². The first-order valence-electron chi connectivity index (χ1n) is 2.80. The maximum absolute atomic E-state index is 10.5. The van der Waals surface area contributed by atoms with E-state index in [1.165, 1.54) is 12.1 Å². The molecule has 61 valence electrons. The minimum absolute atomic E-state index is 0. The summed E-state index contributed by atoms with van der Waals surface area (Å²) < 4.78 is 19.1. The van der Waals surface area contributed by atoms with Crippen LogP contribution in [0.5, 0.6) is 0 Å². The standard InChI is InChI=1S/C6H7NO2S2.Na/c7-5-3-4(11(8)9)1-2-6(5)10;/h1-3,10H,7H2,(H,8,9);. The SMILES string of the molecule is Nc1cc(S(=O)O)ccc1S.[Na]. The van der Waals surface area contributed by atoms with Crippen molar-refractivity contribution in [3.05, 3.63) is 18.2 Å². The van der Waals surface area contributed by atoms with Crippen LogP contribution in [0.3, 0.4) is 0 Å². The van der Waals surface area contributed by atoms with Gasteiger partial charge in [0, 0.05) is 40.1 Å². The number of nitrogen functional groups attached to an aromatic ring is 1. The molecule has 3 N–H and O–H groups in total. The Morgan fingerprint density at radius 3 is 2.50 bits per heavy atom. The Morgan fingerprint density at radius 1 is 1.50 bits per heavy atom. The third-order valence-electron chi connectivity index (χ3n) is 1.20. The van der Waals surface area contributed by atoms with E-state index in [2.05, 4.69) is 12.6 Å². The zero-order valence-corrected chi connectivity index (χ0v) is 10.2. The van der Waals surface area contributed by atoms with E-state index in [1.807, 2.05) is 0 Å². The van der Waals surface area contributed by atoms with Crippen molar-refractivity contribution in [2.75, 3.05) is 5.73 Å². The maximum Gasteiger partial charge on any atom is 0.186 e. The maximum atomic E-state index is 10.5. The second kappa shape index (κ2) is 5.26. The number of hydrogen-bond acceptors (Lipinski definition) is 3. The number of nitrogens with two attached hydrogens (primary N) is 1. The van der Waals surface area contributed by atoms with E-state index >= 15 is 0 Å². The minimum Gasteiger partial charge on any atom is -0.398 e. The molecular weight excluding hydrogens is 205 g/mol. The average molecular weight is 212 g/mol. The number of benzene rings is 1. The van der Waals surface area contributed by atoms with Gasteiger partial charge in [-0.25, -0.2) is 4.21 Å². The molecule has 1 unspecified atom stereocenters. The molecule has 1 atom stereocenters. The van der Waals surface area contributed by atoms with Crippen molar-refractivity contribution >= 4 is 59.0 Å². The van der Waals surface area contributed by atoms with Gasteiger partial charge in [-0.2, -0.15) is 0 Å². The summed E-state index contributed by atoms with van der Waals surface area (Å²) in [5.74, 6) is 0. The van der Waals surface area contributed by atoms with E-state index in [-0.39, 0.29) is 29.6 Å². The second-order valence-corrected chi connectivity index (χ2v) is 3.42. The predicted molar refractivity (Wildman–Crippen MR) is 52.9 cm³/mol. The van der Waals surface area contributed by atoms with Gasteiger partial charge in [0.25, 0.3) is 0 Å². The molecule has 12 heavy (non-hydrogen) atoms. The smallest absolute Gasteiger partial charge is 0.186 e. The van der Waals surface area contributed by atoms with Crippen LogP contribution >= 0.6 is 12.6 Å². The molecule has 1 radical (unpaired) electrons. The van der Waals surface area contributed by atoms with Gasteiger partial charge in [-0.05, 0) is 18.2 Å². The summed E-state index contributed by atoms with van der Waals surface area (Å²) in [6.07, 6.45) is 0. The molecule has 0 amide bonds. The Balaban J connectivity index is 0.00000121. The van der Waals surface area contributed by atoms with E-state index < -0.39 is 11.1 Å². The molecule has 1 aromatic rings. The Morgan fingerprint density at radius 2 is 2.08 bits per heavy atom. The minimum atomic E-state index is -1.96. The van der Waals surface area contributed by atoms with Crippen LogP contribution in [0.4, 0.5) is 5.69 Å². The molecule has 0 bridgehead atoms. The summed E-state index contributed by atoms with van der Waals surface area (Å²) in [4.78, 5) is 0.902. The summed E-state index contributed by atoms with van der Waals surface area (Å²) in [5.41, 5.74) is 5.85. The third-order valence-corrected chi connectivity index (χ3v) is 2.27. The van der Waals surface area contributed by atoms with Gasteiger partial charge in [0.15, 0.2) is 11.1 Å². The van der Waals surface area contributed by atoms with E-state index in [1.54, 1.807) is 6.07 Å². The normalized spacial score (nSPS) is 11.8. The zero-order chi connectivity index (χ0) is 8.43. The molecule has 0 saturated carbocycles. The van der Waals surface area contributed by atoms with Crippen LogP contribution in [-0.4, -0.2) is 38.3 Å². The summed E-state index contributed by atoms with van der Waals surface area (Å²) >= 11 is 2.05. The molecular formula is C6H7NNaO2S2. The van der Waals surface area contributed by atoms with Crippen molar-refractivity contribution in [2.45, 2.75) is 9.79 Å². The van der Waals surface area contributed by atoms with Gasteiger partial charge >= 0.3 is 0 Å². The van der Waals surface area contributed by atoms with Crippen molar-refractivity contribution in [3.63, 3.8) is 0 Å². The predicted octanol–water partition coefficient (Wildman–Crippen LogP) is 0.757. The van der Waals surface area contributed by atoms with E-state index in [4.69, 9.17) is 10.3 Å². The Hall–Kier alpha value is 0.480. The summed E-state index contributed by atoms with van der Waals surface area (Å²) in [7, 11) is 0. The summed E-state index contributed by atoms with van der Waals surface area (Å²) in [5, 5.41) is 0. The van der Waals surface area contributed by atoms with Gasteiger partial charge < -0.3 is 10.3 Å². The van der Waals surface area contributed by atoms with Crippen LogP contribution < -0.4 is 5.73 Å². The molecule has 0 heterocycles. The molecule has 0 aromatic heterocycles.